The van der Waals surface area contributed by atoms with Crippen molar-refractivity contribution in [2.24, 2.45) is 0 Å². The molecule has 0 aromatic heterocycles. The molecule has 0 saturated carbocycles. The summed E-state index contributed by atoms with van der Waals surface area (Å²) in [5.74, 6) is -0.0316. The Bertz CT molecular complexity index is 468. The zero-order chi connectivity index (χ0) is 11.4. The maximum absolute atomic E-state index is 12.7. The van der Waals surface area contributed by atoms with Crippen molar-refractivity contribution in [3.8, 4) is 5.75 Å². The number of hydrogen-bond acceptors (Lipinski definition) is 2. The highest BCUT2D eigenvalue weighted by molar-refractivity contribution is 5.55. The second kappa shape index (κ2) is 4.66. The summed E-state index contributed by atoms with van der Waals surface area (Å²) in [7, 11) is 0. The molecule has 0 unspecified atom stereocenters. The van der Waals surface area contributed by atoms with Gasteiger partial charge in [-0.2, -0.15) is 0 Å². The molecule has 2 N–H and O–H groups in total. The van der Waals surface area contributed by atoms with Crippen LogP contribution in [-0.4, -0.2) is 5.11 Å². The molecule has 82 valence electrons. The van der Waals surface area contributed by atoms with Gasteiger partial charge in [0.25, 0.3) is 0 Å². The molecule has 0 atom stereocenters. The molecule has 0 heterocycles. The van der Waals surface area contributed by atoms with Crippen molar-refractivity contribution in [3.05, 3.63) is 59.9 Å². The number of anilines is 1. The standard InChI is InChI=1S/C13H12FNO/c14-11-7-5-10(6-8-11)9-15-12-3-1-2-4-13(12)16/h1-8,15-16H,9H2. The number of para-hydroxylation sites is 2. The van der Waals surface area contributed by atoms with Gasteiger partial charge in [0.1, 0.15) is 11.6 Å². The summed E-state index contributed by atoms with van der Waals surface area (Å²) in [4.78, 5) is 0. The summed E-state index contributed by atoms with van der Waals surface area (Å²) in [6, 6.07) is 13.3. The Hall–Kier alpha value is -2.03. The Labute approximate surface area is 93.4 Å². The van der Waals surface area contributed by atoms with E-state index < -0.39 is 0 Å². The highest BCUT2D eigenvalue weighted by Crippen LogP contribution is 2.22. The molecular formula is C13H12FNO. The predicted octanol–water partition coefficient (Wildman–Crippen LogP) is 3.14. The summed E-state index contributed by atoms with van der Waals surface area (Å²) < 4.78 is 12.7. The summed E-state index contributed by atoms with van der Waals surface area (Å²) in [6.45, 7) is 0.553. The Balaban J connectivity index is 2.02. The van der Waals surface area contributed by atoms with E-state index in [1.54, 1.807) is 30.3 Å². The number of phenolic OH excluding ortho intramolecular Hbond substituents is 1. The summed E-state index contributed by atoms with van der Waals surface area (Å²) >= 11 is 0. The molecular weight excluding hydrogens is 205 g/mol. The first-order valence-corrected chi connectivity index (χ1v) is 5.02. The van der Waals surface area contributed by atoms with Crippen molar-refractivity contribution < 1.29 is 9.50 Å². The first-order chi connectivity index (χ1) is 7.75. The van der Waals surface area contributed by atoms with E-state index >= 15 is 0 Å². The van der Waals surface area contributed by atoms with Crippen LogP contribution in [0.5, 0.6) is 5.75 Å². The molecule has 0 aliphatic carbocycles. The van der Waals surface area contributed by atoms with Gasteiger partial charge in [0.15, 0.2) is 0 Å². The van der Waals surface area contributed by atoms with Crippen LogP contribution in [-0.2, 0) is 6.54 Å². The first kappa shape index (κ1) is 10.5. The second-order valence-corrected chi connectivity index (χ2v) is 3.50. The lowest BCUT2D eigenvalue weighted by atomic mass is 10.2. The fourth-order valence-corrected chi connectivity index (χ4v) is 1.42. The quantitative estimate of drug-likeness (QED) is 0.774. The Morgan fingerprint density at radius 3 is 2.38 bits per heavy atom. The molecule has 0 spiro atoms. The molecule has 16 heavy (non-hydrogen) atoms. The van der Waals surface area contributed by atoms with Gasteiger partial charge in [-0.25, -0.2) is 4.39 Å². The van der Waals surface area contributed by atoms with Crippen molar-refractivity contribution in [3.63, 3.8) is 0 Å². The van der Waals surface area contributed by atoms with Crippen LogP contribution in [0.1, 0.15) is 5.56 Å². The van der Waals surface area contributed by atoms with E-state index in [4.69, 9.17) is 0 Å². The smallest absolute Gasteiger partial charge is 0.138 e. The summed E-state index contributed by atoms with van der Waals surface area (Å²) in [5, 5.41) is 12.6. The van der Waals surface area contributed by atoms with Crippen LogP contribution in [0.2, 0.25) is 0 Å². The van der Waals surface area contributed by atoms with Crippen LogP contribution in [0.3, 0.4) is 0 Å². The lowest BCUT2D eigenvalue weighted by Crippen LogP contribution is -1.99. The molecule has 0 saturated heterocycles. The largest absolute Gasteiger partial charge is 0.506 e. The average molecular weight is 217 g/mol. The van der Waals surface area contributed by atoms with Crippen LogP contribution < -0.4 is 5.32 Å². The zero-order valence-corrected chi connectivity index (χ0v) is 8.65. The van der Waals surface area contributed by atoms with Gasteiger partial charge in [-0.3, -0.25) is 0 Å². The highest BCUT2D eigenvalue weighted by Gasteiger charge is 1.98. The van der Waals surface area contributed by atoms with Crippen molar-refractivity contribution in [1.29, 1.82) is 0 Å². The van der Waals surface area contributed by atoms with Gasteiger partial charge in [0.05, 0.1) is 5.69 Å². The number of hydrogen-bond donors (Lipinski definition) is 2. The van der Waals surface area contributed by atoms with Gasteiger partial charge in [-0.1, -0.05) is 24.3 Å². The van der Waals surface area contributed by atoms with E-state index in [2.05, 4.69) is 5.32 Å². The van der Waals surface area contributed by atoms with E-state index in [1.807, 2.05) is 6.07 Å². The number of aromatic hydroxyl groups is 1. The maximum Gasteiger partial charge on any atom is 0.138 e. The molecule has 0 aliphatic rings. The van der Waals surface area contributed by atoms with Crippen LogP contribution >= 0.6 is 0 Å². The Kier molecular flexibility index (Phi) is 3.05. The number of phenols is 1. The van der Waals surface area contributed by atoms with Crippen molar-refractivity contribution in [2.75, 3.05) is 5.32 Å². The lowest BCUT2D eigenvalue weighted by Gasteiger charge is -2.07. The fraction of sp³-hybridized carbons (Fsp3) is 0.0769. The van der Waals surface area contributed by atoms with Gasteiger partial charge in [-0.05, 0) is 29.8 Å². The maximum atomic E-state index is 12.7. The number of rotatable bonds is 3. The third-order valence-corrected chi connectivity index (χ3v) is 2.30. The van der Waals surface area contributed by atoms with Crippen LogP contribution in [0.25, 0.3) is 0 Å². The van der Waals surface area contributed by atoms with Crippen LogP contribution in [0.15, 0.2) is 48.5 Å². The van der Waals surface area contributed by atoms with Gasteiger partial charge in [-0.15, -0.1) is 0 Å². The molecule has 2 nitrogen and oxygen atoms in total. The Morgan fingerprint density at radius 2 is 1.69 bits per heavy atom. The monoisotopic (exact) mass is 217 g/mol. The number of nitrogens with one attached hydrogen (secondary N) is 1. The number of benzene rings is 2. The Morgan fingerprint density at radius 1 is 1.00 bits per heavy atom. The van der Waals surface area contributed by atoms with Gasteiger partial charge in [0.2, 0.25) is 0 Å². The predicted molar refractivity (Wildman–Crippen MR) is 61.8 cm³/mol. The molecule has 0 fully saturated rings. The molecule has 0 bridgehead atoms. The lowest BCUT2D eigenvalue weighted by molar-refractivity contribution is 0.477. The second-order valence-electron chi connectivity index (χ2n) is 3.50. The van der Waals surface area contributed by atoms with Gasteiger partial charge >= 0.3 is 0 Å². The molecule has 2 aromatic rings. The first-order valence-electron chi connectivity index (χ1n) is 5.02. The van der Waals surface area contributed by atoms with Gasteiger partial charge < -0.3 is 10.4 Å². The highest BCUT2D eigenvalue weighted by atomic mass is 19.1. The zero-order valence-electron chi connectivity index (χ0n) is 8.65. The summed E-state index contributed by atoms with van der Waals surface area (Å²) in [6.07, 6.45) is 0. The van der Waals surface area contributed by atoms with Crippen LogP contribution in [0, 0.1) is 5.82 Å². The van der Waals surface area contributed by atoms with E-state index in [-0.39, 0.29) is 11.6 Å². The van der Waals surface area contributed by atoms with Crippen LogP contribution in [0.4, 0.5) is 10.1 Å². The molecule has 0 radical (unpaired) electrons. The third kappa shape index (κ3) is 2.51. The minimum absolute atomic E-state index is 0.213. The van der Waals surface area contributed by atoms with E-state index in [0.717, 1.165) is 5.56 Å². The molecule has 2 aromatic carbocycles. The normalized spacial score (nSPS) is 10.1. The molecule has 3 heteroatoms. The van der Waals surface area contributed by atoms with Crippen molar-refractivity contribution in [2.45, 2.75) is 6.54 Å². The third-order valence-electron chi connectivity index (χ3n) is 2.30. The van der Waals surface area contributed by atoms with E-state index in [9.17, 15) is 9.50 Å². The molecule has 2 rings (SSSR count). The SMILES string of the molecule is Oc1ccccc1NCc1ccc(F)cc1. The van der Waals surface area contributed by atoms with E-state index in [1.165, 1.54) is 12.1 Å². The van der Waals surface area contributed by atoms with Gasteiger partial charge in [0, 0.05) is 6.54 Å². The van der Waals surface area contributed by atoms with Crippen molar-refractivity contribution in [1.82, 2.24) is 0 Å². The minimum atomic E-state index is -0.244. The summed E-state index contributed by atoms with van der Waals surface area (Å²) in [5.41, 5.74) is 1.64. The average Bonchev–Trinajstić information content (AvgIpc) is 2.30. The van der Waals surface area contributed by atoms with Crippen molar-refractivity contribution >= 4 is 5.69 Å². The molecule has 0 aliphatic heterocycles. The minimum Gasteiger partial charge on any atom is -0.506 e. The number of halogens is 1. The fourth-order valence-electron chi connectivity index (χ4n) is 1.42. The van der Waals surface area contributed by atoms with E-state index in [0.29, 0.717) is 12.2 Å². The molecule has 0 amide bonds. The topological polar surface area (TPSA) is 32.3 Å².